The normalized spacial score (nSPS) is 15.3. The van der Waals surface area contributed by atoms with Crippen LogP contribution in [0.15, 0.2) is 16.7 Å². The third-order valence-corrected chi connectivity index (χ3v) is 3.12. The molecule has 1 saturated carbocycles. The molecule has 1 aliphatic rings. The Hall–Kier alpha value is -0.770. The highest BCUT2D eigenvalue weighted by Gasteiger charge is 2.20. The van der Waals surface area contributed by atoms with E-state index in [9.17, 15) is 4.79 Å². The Bertz CT molecular complexity index is 344. The monoisotopic (exact) mass is 270 g/mol. The molecule has 1 aromatic rings. The van der Waals surface area contributed by atoms with Crippen molar-refractivity contribution in [3.63, 3.8) is 0 Å². The maximum Gasteiger partial charge on any atom is 0.267 e. The standard InChI is InChI=1S/C11H15BrN2O/c12-9-6-10(14-7-9)11(15)13-5-1-2-8-3-4-8/h6-8,14H,1-5H2,(H,13,15). The van der Waals surface area contributed by atoms with Crippen LogP contribution in [0.2, 0.25) is 0 Å². The van der Waals surface area contributed by atoms with Gasteiger partial charge in [-0.15, -0.1) is 0 Å². The highest BCUT2D eigenvalue weighted by molar-refractivity contribution is 9.10. The van der Waals surface area contributed by atoms with Crippen LogP contribution >= 0.6 is 15.9 Å². The molecule has 0 bridgehead atoms. The number of hydrogen-bond donors (Lipinski definition) is 2. The van der Waals surface area contributed by atoms with Crippen LogP contribution in [0.4, 0.5) is 0 Å². The van der Waals surface area contributed by atoms with Crippen LogP contribution in [0.25, 0.3) is 0 Å². The van der Waals surface area contributed by atoms with Gasteiger partial charge in [-0.3, -0.25) is 4.79 Å². The van der Waals surface area contributed by atoms with E-state index in [2.05, 4.69) is 26.2 Å². The fourth-order valence-electron chi connectivity index (χ4n) is 1.59. The molecule has 0 radical (unpaired) electrons. The van der Waals surface area contributed by atoms with Gasteiger partial charge in [0, 0.05) is 17.2 Å². The van der Waals surface area contributed by atoms with Gasteiger partial charge in [-0.2, -0.15) is 0 Å². The van der Waals surface area contributed by atoms with Gasteiger partial charge in [-0.1, -0.05) is 12.8 Å². The fraction of sp³-hybridized carbons (Fsp3) is 0.545. The topological polar surface area (TPSA) is 44.9 Å². The van der Waals surface area contributed by atoms with Gasteiger partial charge in [0.1, 0.15) is 5.69 Å². The van der Waals surface area contributed by atoms with Gasteiger partial charge in [-0.25, -0.2) is 0 Å². The molecular weight excluding hydrogens is 256 g/mol. The number of amides is 1. The molecule has 0 aromatic carbocycles. The Morgan fingerprint density at radius 2 is 2.40 bits per heavy atom. The maximum absolute atomic E-state index is 11.6. The minimum absolute atomic E-state index is 0.0171. The lowest BCUT2D eigenvalue weighted by molar-refractivity contribution is 0.0948. The molecule has 1 heterocycles. The molecule has 3 nitrogen and oxygen atoms in total. The van der Waals surface area contributed by atoms with Crippen LogP contribution in [0.1, 0.15) is 36.2 Å². The van der Waals surface area contributed by atoms with E-state index in [0.29, 0.717) is 5.69 Å². The predicted molar refractivity (Wildman–Crippen MR) is 62.8 cm³/mol. The van der Waals surface area contributed by atoms with E-state index >= 15 is 0 Å². The minimum Gasteiger partial charge on any atom is -0.356 e. The first-order valence-corrected chi connectivity index (χ1v) is 6.17. The Labute approximate surface area is 97.8 Å². The quantitative estimate of drug-likeness (QED) is 0.794. The molecule has 1 aliphatic carbocycles. The molecule has 1 fully saturated rings. The number of H-pyrrole nitrogens is 1. The highest BCUT2D eigenvalue weighted by Crippen LogP contribution is 2.33. The SMILES string of the molecule is O=C(NCCCC1CC1)c1cc(Br)c[nH]1. The van der Waals surface area contributed by atoms with Gasteiger partial charge in [0.2, 0.25) is 0 Å². The van der Waals surface area contributed by atoms with E-state index in [1.165, 1.54) is 19.3 Å². The summed E-state index contributed by atoms with van der Waals surface area (Å²) in [6.45, 7) is 0.784. The van der Waals surface area contributed by atoms with Gasteiger partial charge in [0.25, 0.3) is 5.91 Å². The average molecular weight is 271 g/mol. The number of nitrogens with one attached hydrogen (secondary N) is 2. The first-order chi connectivity index (χ1) is 7.25. The second-order valence-electron chi connectivity index (χ2n) is 4.07. The molecule has 1 amide bonds. The molecule has 0 atom stereocenters. The Morgan fingerprint density at radius 1 is 1.60 bits per heavy atom. The summed E-state index contributed by atoms with van der Waals surface area (Å²) in [6.07, 6.45) is 6.89. The fourth-order valence-corrected chi connectivity index (χ4v) is 1.94. The summed E-state index contributed by atoms with van der Waals surface area (Å²) in [7, 11) is 0. The molecule has 0 spiro atoms. The Kier molecular flexibility index (Phi) is 3.46. The molecular formula is C11H15BrN2O. The zero-order valence-corrected chi connectivity index (χ0v) is 10.1. The van der Waals surface area contributed by atoms with Crippen LogP contribution in [-0.2, 0) is 0 Å². The maximum atomic E-state index is 11.6. The number of carbonyl (C=O) groups is 1. The highest BCUT2D eigenvalue weighted by atomic mass is 79.9. The van der Waals surface area contributed by atoms with E-state index in [1.54, 1.807) is 12.3 Å². The number of rotatable bonds is 5. The smallest absolute Gasteiger partial charge is 0.267 e. The van der Waals surface area contributed by atoms with Crippen LogP contribution in [0.3, 0.4) is 0 Å². The molecule has 2 rings (SSSR count). The van der Waals surface area contributed by atoms with Crippen molar-refractivity contribution in [1.29, 1.82) is 0 Å². The van der Waals surface area contributed by atoms with Gasteiger partial charge in [0.05, 0.1) is 0 Å². The molecule has 0 saturated heterocycles. The van der Waals surface area contributed by atoms with Gasteiger partial charge in [-0.05, 0) is 40.8 Å². The van der Waals surface area contributed by atoms with E-state index < -0.39 is 0 Å². The van der Waals surface area contributed by atoms with Crippen molar-refractivity contribution in [3.05, 3.63) is 22.4 Å². The summed E-state index contributed by atoms with van der Waals surface area (Å²) in [4.78, 5) is 14.5. The van der Waals surface area contributed by atoms with Gasteiger partial charge < -0.3 is 10.3 Å². The van der Waals surface area contributed by atoms with Crippen molar-refractivity contribution >= 4 is 21.8 Å². The summed E-state index contributed by atoms with van der Waals surface area (Å²) in [5.41, 5.74) is 0.619. The van der Waals surface area contributed by atoms with E-state index in [-0.39, 0.29) is 5.91 Å². The van der Waals surface area contributed by atoms with Crippen LogP contribution in [0.5, 0.6) is 0 Å². The molecule has 2 N–H and O–H groups in total. The van der Waals surface area contributed by atoms with Crippen LogP contribution in [0, 0.1) is 5.92 Å². The Morgan fingerprint density at radius 3 is 3.00 bits per heavy atom. The van der Waals surface area contributed by atoms with Crippen LogP contribution in [-0.4, -0.2) is 17.4 Å². The molecule has 0 aliphatic heterocycles. The summed E-state index contributed by atoms with van der Waals surface area (Å²) in [5.74, 6) is 0.929. The van der Waals surface area contributed by atoms with Crippen LogP contribution < -0.4 is 5.32 Å². The molecule has 82 valence electrons. The molecule has 15 heavy (non-hydrogen) atoms. The van der Waals surface area contributed by atoms with Crippen molar-refractivity contribution in [2.45, 2.75) is 25.7 Å². The lowest BCUT2D eigenvalue weighted by Gasteiger charge is -2.02. The second-order valence-corrected chi connectivity index (χ2v) is 4.99. The van der Waals surface area contributed by atoms with Crippen molar-refractivity contribution in [3.8, 4) is 0 Å². The number of hydrogen-bond acceptors (Lipinski definition) is 1. The summed E-state index contributed by atoms with van der Waals surface area (Å²) in [6, 6.07) is 1.79. The number of aromatic amines is 1. The average Bonchev–Trinajstić information content (AvgIpc) is 2.94. The Balaban J connectivity index is 1.67. The largest absolute Gasteiger partial charge is 0.356 e. The summed E-state index contributed by atoms with van der Waals surface area (Å²) >= 11 is 3.30. The first kappa shape index (κ1) is 10.7. The summed E-state index contributed by atoms with van der Waals surface area (Å²) < 4.78 is 0.908. The zero-order chi connectivity index (χ0) is 10.7. The lowest BCUT2D eigenvalue weighted by atomic mass is 10.2. The summed E-state index contributed by atoms with van der Waals surface area (Å²) in [5, 5.41) is 2.90. The van der Waals surface area contributed by atoms with E-state index in [1.807, 2.05) is 0 Å². The minimum atomic E-state index is -0.0171. The van der Waals surface area contributed by atoms with E-state index in [4.69, 9.17) is 0 Å². The third kappa shape index (κ3) is 3.38. The second kappa shape index (κ2) is 4.84. The van der Waals surface area contributed by atoms with Crippen molar-refractivity contribution < 1.29 is 4.79 Å². The third-order valence-electron chi connectivity index (χ3n) is 2.66. The molecule has 0 unspecified atom stereocenters. The van der Waals surface area contributed by atoms with Crippen molar-refractivity contribution in [2.24, 2.45) is 5.92 Å². The van der Waals surface area contributed by atoms with E-state index in [0.717, 1.165) is 23.4 Å². The zero-order valence-electron chi connectivity index (χ0n) is 8.55. The molecule has 1 aromatic heterocycles. The first-order valence-electron chi connectivity index (χ1n) is 5.38. The van der Waals surface area contributed by atoms with Crippen molar-refractivity contribution in [2.75, 3.05) is 6.54 Å². The van der Waals surface area contributed by atoms with Crippen molar-refractivity contribution in [1.82, 2.24) is 10.3 Å². The number of halogens is 1. The lowest BCUT2D eigenvalue weighted by Crippen LogP contribution is -2.24. The number of carbonyl (C=O) groups excluding carboxylic acids is 1. The predicted octanol–water partition coefficient (Wildman–Crippen LogP) is 2.70. The molecule has 4 heteroatoms. The number of aromatic nitrogens is 1. The van der Waals surface area contributed by atoms with Gasteiger partial charge in [0.15, 0.2) is 0 Å². The van der Waals surface area contributed by atoms with Gasteiger partial charge >= 0.3 is 0 Å².